The van der Waals surface area contributed by atoms with Crippen molar-refractivity contribution in [2.24, 2.45) is 0 Å². The first kappa shape index (κ1) is 16.4. The van der Waals surface area contributed by atoms with Gasteiger partial charge in [0.25, 0.3) is 0 Å². The average molecular weight is 339 g/mol. The third kappa shape index (κ3) is 3.90. The molecule has 0 amide bonds. The molecule has 0 fully saturated rings. The van der Waals surface area contributed by atoms with Gasteiger partial charge in [0.05, 0.1) is 4.88 Å². The Morgan fingerprint density at radius 2 is 1.96 bits per heavy atom. The minimum Gasteiger partial charge on any atom is -0.537 e. The van der Waals surface area contributed by atoms with Crippen molar-refractivity contribution in [2.75, 3.05) is 0 Å². The summed E-state index contributed by atoms with van der Waals surface area (Å²) in [5, 5.41) is 8.70. The molecule has 0 bridgehead atoms. The highest BCUT2D eigenvalue weighted by Crippen LogP contribution is 2.31. The molecule has 3 nitrogen and oxygen atoms in total. The Morgan fingerprint density at radius 3 is 2.75 bits per heavy atom. The van der Waals surface area contributed by atoms with E-state index in [9.17, 15) is 9.18 Å². The molecule has 6 heteroatoms. The molecule has 1 radical (unpaired) electrons. The minimum atomic E-state index is -0.343. The summed E-state index contributed by atoms with van der Waals surface area (Å²) in [6.45, 7) is 0. The number of thiophene rings is 1. The number of carbonyl (C=O) groups is 1. The van der Waals surface area contributed by atoms with Gasteiger partial charge in [0, 0.05) is 11.3 Å². The summed E-state index contributed by atoms with van der Waals surface area (Å²) in [5.41, 5.74) is 1.55. The summed E-state index contributed by atoms with van der Waals surface area (Å²) >= 11 is 1.37. The first-order chi connectivity index (χ1) is 11.7. The van der Waals surface area contributed by atoms with Crippen LogP contribution in [0.25, 0.3) is 10.4 Å². The van der Waals surface area contributed by atoms with E-state index in [1.807, 2.05) is 18.2 Å². The van der Waals surface area contributed by atoms with E-state index in [2.05, 4.69) is 0 Å². The highest BCUT2D eigenvalue weighted by atomic mass is 32.1. The number of rotatable bonds is 6. The zero-order valence-electron chi connectivity index (χ0n) is 12.6. The van der Waals surface area contributed by atoms with Crippen LogP contribution < -0.4 is 4.65 Å². The van der Waals surface area contributed by atoms with E-state index in [1.54, 1.807) is 30.3 Å². The highest BCUT2D eigenvalue weighted by Gasteiger charge is 2.12. The highest BCUT2D eigenvalue weighted by molar-refractivity contribution is 7.17. The summed E-state index contributed by atoms with van der Waals surface area (Å²) < 4.78 is 18.2. The van der Waals surface area contributed by atoms with Crippen molar-refractivity contribution in [3.63, 3.8) is 0 Å². The molecule has 0 saturated heterocycles. The molecule has 0 spiro atoms. The van der Waals surface area contributed by atoms with Gasteiger partial charge in [-0.2, -0.15) is 0 Å². The third-order valence-electron chi connectivity index (χ3n) is 3.44. The molecule has 1 heterocycles. The van der Waals surface area contributed by atoms with Crippen molar-refractivity contribution in [2.45, 2.75) is 6.42 Å². The van der Waals surface area contributed by atoms with Crippen molar-refractivity contribution in [1.29, 1.82) is 0 Å². The summed E-state index contributed by atoms with van der Waals surface area (Å²) in [6, 6.07) is 16.9. The average Bonchev–Trinajstić information content (AvgIpc) is 3.06. The van der Waals surface area contributed by atoms with Crippen LogP contribution in [0.5, 0.6) is 5.75 Å². The van der Waals surface area contributed by atoms with Crippen LogP contribution in [0.3, 0.4) is 0 Å². The Balaban J connectivity index is 1.77. The quantitative estimate of drug-likeness (QED) is 0.548. The van der Waals surface area contributed by atoms with Crippen LogP contribution in [0.15, 0.2) is 60.7 Å². The Labute approximate surface area is 143 Å². The lowest BCUT2D eigenvalue weighted by atomic mass is 10.1. The van der Waals surface area contributed by atoms with Crippen LogP contribution in [0, 0.1) is 5.82 Å². The van der Waals surface area contributed by atoms with Crippen molar-refractivity contribution in [3.8, 4) is 16.2 Å². The van der Waals surface area contributed by atoms with Crippen LogP contribution >= 0.6 is 11.3 Å². The fourth-order valence-electron chi connectivity index (χ4n) is 2.35. The lowest BCUT2D eigenvalue weighted by molar-refractivity contribution is 0.0997. The van der Waals surface area contributed by atoms with E-state index in [0.717, 1.165) is 10.4 Å². The second-order valence-corrected chi connectivity index (χ2v) is 6.23. The molecule has 0 saturated carbocycles. The van der Waals surface area contributed by atoms with E-state index < -0.39 is 0 Å². The van der Waals surface area contributed by atoms with Crippen molar-refractivity contribution < 1.29 is 18.9 Å². The first-order valence-corrected chi connectivity index (χ1v) is 8.08. The van der Waals surface area contributed by atoms with Crippen molar-refractivity contribution >= 4 is 24.8 Å². The summed E-state index contributed by atoms with van der Waals surface area (Å²) in [5.74, 6) is 0.119. The molecule has 1 aromatic heterocycles. The molecule has 24 heavy (non-hydrogen) atoms. The molecule has 2 aromatic carbocycles. The molecule has 1 N–H and O–H groups in total. The van der Waals surface area contributed by atoms with Crippen molar-refractivity contribution in [1.82, 2.24) is 0 Å². The van der Waals surface area contributed by atoms with Gasteiger partial charge >= 0.3 is 7.69 Å². The molecule has 3 aromatic rings. The maximum absolute atomic E-state index is 13.2. The molecular weight excluding hydrogens is 326 g/mol. The molecule has 0 atom stereocenters. The lowest BCUT2D eigenvalue weighted by Gasteiger charge is -2.03. The number of benzene rings is 2. The van der Waals surface area contributed by atoms with Gasteiger partial charge in [0.15, 0.2) is 5.78 Å². The number of carbonyl (C=O) groups excluding carboxylic acids is 1. The van der Waals surface area contributed by atoms with E-state index >= 15 is 0 Å². The van der Waals surface area contributed by atoms with E-state index in [-0.39, 0.29) is 18.0 Å². The summed E-state index contributed by atoms with van der Waals surface area (Å²) in [6.07, 6.45) is 0.167. The second-order valence-electron chi connectivity index (χ2n) is 5.14. The standard InChI is InChI=1S/C18H13BFO3S/c20-14-5-1-3-12(9-14)10-16(21)18-8-7-17(24-18)13-4-2-6-15(11-13)23-19-22/h1-9,11,22H,10H2. The maximum Gasteiger partial charge on any atom is 0.569 e. The monoisotopic (exact) mass is 339 g/mol. The van der Waals surface area contributed by atoms with E-state index in [1.165, 1.54) is 23.5 Å². The Morgan fingerprint density at radius 1 is 1.12 bits per heavy atom. The summed E-state index contributed by atoms with van der Waals surface area (Å²) in [7, 11) is 0.626. The van der Waals surface area contributed by atoms with Gasteiger partial charge in [-0.25, -0.2) is 4.39 Å². The molecule has 0 aliphatic carbocycles. The SMILES string of the molecule is O=C(Cc1cccc(F)c1)c1ccc(-c2cccc(O[B]O)c2)s1. The summed E-state index contributed by atoms with van der Waals surface area (Å²) in [4.78, 5) is 13.9. The van der Waals surface area contributed by atoms with Gasteiger partial charge in [-0.1, -0.05) is 24.3 Å². The zero-order valence-corrected chi connectivity index (χ0v) is 13.4. The smallest absolute Gasteiger partial charge is 0.537 e. The van der Waals surface area contributed by atoms with Gasteiger partial charge in [-0.3, -0.25) is 4.79 Å². The van der Waals surface area contributed by atoms with Crippen LogP contribution in [0.4, 0.5) is 4.39 Å². The van der Waals surface area contributed by atoms with E-state index in [0.29, 0.717) is 23.9 Å². The minimum absolute atomic E-state index is 0.0482. The maximum atomic E-state index is 13.2. The molecular formula is C18H13BFO3S. The molecule has 119 valence electrons. The predicted octanol–water partition coefficient (Wildman–Crippen LogP) is 3.88. The third-order valence-corrected chi connectivity index (χ3v) is 4.62. The first-order valence-electron chi connectivity index (χ1n) is 7.26. The van der Waals surface area contributed by atoms with Gasteiger partial charge < -0.3 is 9.68 Å². The van der Waals surface area contributed by atoms with Crippen LogP contribution in [-0.2, 0) is 6.42 Å². The normalized spacial score (nSPS) is 10.4. The van der Waals surface area contributed by atoms with Crippen LogP contribution in [0.2, 0.25) is 0 Å². The lowest BCUT2D eigenvalue weighted by Crippen LogP contribution is -2.01. The fraction of sp³-hybridized carbons (Fsp3) is 0.0556. The Kier molecular flexibility index (Phi) is 5.08. The number of Topliss-reactive ketones (excluding diaryl/α,β-unsaturated/α-hetero) is 1. The van der Waals surface area contributed by atoms with Crippen LogP contribution in [0.1, 0.15) is 15.2 Å². The fourth-order valence-corrected chi connectivity index (χ4v) is 3.29. The number of hydrogen-bond acceptors (Lipinski definition) is 4. The van der Waals surface area contributed by atoms with Crippen molar-refractivity contribution in [3.05, 3.63) is 76.9 Å². The molecule has 0 unspecified atom stereocenters. The molecule has 3 rings (SSSR count). The number of halogens is 1. The van der Waals surface area contributed by atoms with E-state index in [4.69, 9.17) is 9.68 Å². The number of hydrogen-bond donors (Lipinski definition) is 1. The molecule has 0 aliphatic rings. The van der Waals surface area contributed by atoms with Gasteiger partial charge in [-0.15, -0.1) is 11.3 Å². The van der Waals surface area contributed by atoms with Gasteiger partial charge in [0.1, 0.15) is 11.6 Å². The second kappa shape index (κ2) is 7.42. The predicted molar refractivity (Wildman–Crippen MR) is 92.8 cm³/mol. The Bertz CT molecular complexity index is 863. The zero-order chi connectivity index (χ0) is 16.9. The number of ketones is 1. The molecule has 0 aliphatic heterocycles. The Hall–Kier alpha value is -2.44. The van der Waals surface area contributed by atoms with Gasteiger partial charge in [0.2, 0.25) is 0 Å². The van der Waals surface area contributed by atoms with Crippen LogP contribution in [-0.4, -0.2) is 18.5 Å². The topological polar surface area (TPSA) is 46.5 Å². The largest absolute Gasteiger partial charge is 0.569 e. The van der Waals surface area contributed by atoms with Gasteiger partial charge in [-0.05, 0) is 47.5 Å².